The predicted octanol–water partition coefficient (Wildman–Crippen LogP) is 7.61. The molecule has 0 amide bonds. The SMILES string of the molecule is CC.CC.CCNC.CCNC.Clc1c2c(c(Cl)c3c1=Nc1ccccc1O3)=Nc1ccccc1O2. The summed E-state index contributed by atoms with van der Waals surface area (Å²) in [4.78, 5) is 9.14. The highest BCUT2D eigenvalue weighted by molar-refractivity contribution is 6.35. The summed E-state index contributed by atoms with van der Waals surface area (Å²) in [6.07, 6.45) is 0. The minimum Gasteiger partial charge on any atom is -0.451 e. The number of fused-ring (bicyclic) bond motifs is 4. The molecule has 8 heteroatoms. The molecule has 0 radical (unpaired) electrons. The molecule has 6 nitrogen and oxygen atoms in total. The standard InChI is InChI=1S/C18H8Cl2N2O2.2C3H9N.2C2H6/c19-13-15-17(23-11-7-3-1-5-9(11)21-15)14(20)16-18(13)24-12-8-4-2-6-10(12)22-16;2*1-3-4-2;2*1-2/h1-8H;2*4H,3H2,1-2H3;2*1-2H3. The van der Waals surface area contributed by atoms with Crippen LogP contribution in [-0.2, 0) is 0 Å². The third-order valence-corrected chi connectivity index (χ3v) is 5.27. The molecule has 0 bridgehead atoms. The average molecular weight is 534 g/mol. The maximum absolute atomic E-state index is 6.53. The van der Waals surface area contributed by atoms with E-state index in [1.165, 1.54) is 0 Å². The van der Waals surface area contributed by atoms with Gasteiger partial charge >= 0.3 is 0 Å². The summed E-state index contributed by atoms with van der Waals surface area (Å²) in [5.74, 6) is 2.04. The molecule has 0 aromatic heterocycles. The smallest absolute Gasteiger partial charge is 0.175 e. The molecule has 0 saturated heterocycles. The van der Waals surface area contributed by atoms with Gasteiger partial charge in [-0.05, 0) is 51.5 Å². The first-order valence-electron chi connectivity index (χ1n) is 12.4. The fourth-order valence-corrected chi connectivity index (χ4v) is 3.25. The van der Waals surface area contributed by atoms with E-state index in [4.69, 9.17) is 32.7 Å². The molecule has 2 N–H and O–H groups in total. The molecule has 2 aliphatic heterocycles. The Morgan fingerprint density at radius 3 is 1.25 bits per heavy atom. The van der Waals surface area contributed by atoms with Crippen LogP contribution in [0.3, 0.4) is 0 Å². The first kappa shape index (κ1) is 31.4. The van der Waals surface area contributed by atoms with Gasteiger partial charge in [-0.3, -0.25) is 0 Å². The molecule has 3 aromatic carbocycles. The van der Waals surface area contributed by atoms with E-state index in [-0.39, 0.29) is 0 Å². The van der Waals surface area contributed by atoms with Gasteiger partial charge in [0.05, 0.1) is 0 Å². The highest BCUT2D eigenvalue weighted by Crippen LogP contribution is 2.41. The van der Waals surface area contributed by atoms with Crippen molar-refractivity contribution in [3.05, 3.63) is 69.3 Å². The third-order valence-electron chi connectivity index (χ3n) is 4.57. The van der Waals surface area contributed by atoms with Crippen molar-refractivity contribution in [1.82, 2.24) is 10.6 Å². The topological polar surface area (TPSA) is 67.2 Å². The van der Waals surface area contributed by atoms with Crippen molar-refractivity contribution in [3.8, 4) is 23.0 Å². The van der Waals surface area contributed by atoms with E-state index < -0.39 is 0 Å². The van der Waals surface area contributed by atoms with Crippen molar-refractivity contribution < 1.29 is 9.47 Å². The molecule has 196 valence electrons. The van der Waals surface area contributed by atoms with Crippen molar-refractivity contribution in [2.75, 3.05) is 27.2 Å². The lowest BCUT2D eigenvalue weighted by Crippen LogP contribution is -2.22. The quantitative estimate of drug-likeness (QED) is 0.245. The normalized spacial score (nSPS) is 10.7. The van der Waals surface area contributed by atoms with E-state index in [0.29, 0.717) is 55.1 Å². The molecule has 36 heavy (non-hydrogen) atoms. The maximum atomic E-state index is 6.53. The largest absolute Gasteiger partial charge is 0.451 e. The van der Waals surface area contributed by atoms with Crippen LogP contribution in [0.5, 0.6) is 23.0 Å². The average Bonchev–Trinajstić information content (AvgIpc) is 2.96. The summed E-state index contributed by atoms with van der Waals surface area (Å²) in [5.41, 5.74) is 1.38. The molecule has 3 aromatic rings. The number of nitrogens with zero attached hydrogens (tertiary/aromatic N) is 2. The van der Waals surface area contributed by atoms with Gasteiger partial charge in [0.15, 0.2) is 23.0 Å². The second-order valence-electron chi connectivity index (χ2n) is 6.76. The molecular weight excluding hydrogens is 495 g/mol. The van der Waals surface area contributed by atoms with Gasteiger partial charge in [0.1, 0.15) is 32.1 Å². The van der Waals surface area contributed by atoms with Gasteiger partial charge in [-0.1, -0.05) is 89.0 Å². The summed E-state index contributed by atoms with van der Waals surface area (Å²) < 4.78 is 11.8. The van der Waals surface area contributed by atoms with Crippen molar-refractivity contribution in [2.45, 2.75) is 41.5 Å². The number of benzene rings is 3. The van der Waals surface area contributed by atoms with E-state index in [2.05, 4.69) is 34.5 Å². The Labute approximate surface area is 225 Å². The van der Waals surface area contributed by atoms with Crippen LogP contribution in [0.2, 0.25) is 10.0 Å². The molecule has 2 aliphatic rings. The molecule has 2 heterocycles. The van der Waals surface area contributed by atoms with Crippen molar-refractivity contribution in [2.24, 2.45) is 9.98 Å². The van der Waals surface area contributed by atoms with Gasteiger partial charge in [0, 0.05) is 0 Å². The number of ether oxygens (including phenoxy) is 2. The molecule has 0 atom stereocenters. The van der Waals surface area contributed by atoms with Crippen LogP contribution in [0.25, 0.3) is 0 Å². The Bertz CT molecular complexity index is 1120. The lowest BCUT2D eigenvalue weighted by Gasteiger charge is -2.20. The van der Waals surface area contributed by atoms with E-state index in [1.807, 2.05) is 90.3 Å². The minimum atomic E-state index is 0.331. The summed E-state index contributed by atoms with van der Waals surface area (Å²) >= 11 is 13.1. The monoisotopic (exact) mass is 532 g/mol. The number of nitrogens with one attached hydrogen (secondary N) is 2. The minimum absolute atomic E-state index is 0.331. The van der Waals surface area contributed by atoms with Gasteiger partial charge in [0.2, 0.25) is 0 Å². The van der Waals surface area contributed by atoms with Gasteiger partial charge < -0.3 is 20.1 Å². The zero-order valence-electron chi connectivity index (χ0n) is 22.5. The Hall–Kier alpha value is -2.64. The summed E-state index contributed by atoms with van der Waals surface area (Å²) in [5, 5.41) is 7.43. The van der Waals surface area contributed by atoms with Crippen LogP contribution in [0.4, 0.5) is 11.4 Å². The number of hydrogen-bond acceptors (Lipinski definition) is 6. The number of hydrogen-bond donors (Lipinski definition) is 2. The summed E-state index contributed by atoms with van der Waals surface area (Å²) in [6.45, 7) is 14.3. The molecule has 0 saturated carbocycles. The Morgan fingerprint density at radius 2 is 0.944 bits per heavy atom. The number of halogens is 2. The van der Waals surface area contributed by atoms with Gasteiger partial charge in [-0.15, -0.1) is 0 Å². The van der Waals surface area contributed by atoms with E-state index in [9.17, 15) is 0 Å². The summed E-state index contributed by atoms with van der Waals surface area (Å²) in [7, 11) is 3.86. The predicted molar refractivity (Wildman–Crippen MR) is 153 cm³/mol. The zero-order chi connectivity index (χ0) is 27.1. The lowest BCUT2D eigenvalue weighted by atomic mass is 10.2. The van der Waals surface area contributed by atoms with Gasteiger partial charge in [0.25, 0.3) is 0 Å². The van der Waals surface area contributed by atoms with Crippen LogP contribution in [0, 0.1) is 0 Å². The molecular formula is C28H38Cl2N4O2. The summed E-state index contributed by atoms with van der Waals surface area (Å²) in [6, 6.07) is 14.9. The van der Waals surface area contributed by atoms with Crippen LogP contribution in [0.1, 0.15) is 41.5 Å². The molecule has 0 fully saturated rings. The molecule has 0 spiro atoms. The Morgan fingerprint density at radius 1 is 0.639 bits per heavy atom. The third kappa shape index (κ3) is 7.68. The Kier molecular flexibility index (Phi) is 14.8. The first-order chi connectivity index (χ1) is 17.5. The zero-order valence-corrected chi connectivity index (χ0v) is 24.0. The van der Waals surface area contributed by atoms with E-state index in [0.717, 1.165) is 13.1 Å². The van der Waals surface area contributed by atoms with E-state index >= 15 is 0 Å². The van der Waals surface area contributed by atoms with Crippen molar-refractivity contribution in [1.29, 1.82) is 0 Å². The van der Waals surface area contributed by atoms with Crippen LogP contribution < -0.4 is 30.8 Å². The maximum Gasteiger partial charge on any atom is 0.175 e. The van der Waals surface area contributed by atoms with Crippen LogP contribution in [0.15, 0.2) is 58.5 Å². The highest BCUT2D eigenvalue weighted by atomic mass is 35.5. The molecule has 0 unspecified atom stereocenters. The van der Waals surface area contributed by atoms with Crippen molar-refractivity contribution >= 4 is 34.6 Å². The fourth-order valence-electron chi connectivity index (χ4n) is 2.74. The highest BCUT2D eigenvalue weighted by Gasteiger charge is 2.26. The fraction of sp³-hybridized carbons (Fsp3) is 0.357. The second kappa shape index (κ2) is 16.9. The lowest BCUT2D eigenvalue weighted by molar-refractivity contribution is 0.451. The van der Waals surface area contributed by atoms with Crippen LogP contribution >= 0.6 is 23.2 Å². The number of para-hydroxylation sites is 4. The second-order valence-corrected chi connectivity index (χ2v) is 7.52. The Balaban J connectivity index is 0.000000464. The molecule has 0 aliphatic carbocycles. The first-order valence-corrected chi connectivity index (χ1v) is 13.1. The van der Waals surface area contributed by atoms with Gasteiger partial charge in [-0.25, -0.2) is 9.98 Å². The van der Waals surface area contributed by atoms with Crippen LogP contribution in [-0.4, -0.2) is 27.2 Å². The molecule has 5 rings (SSSR count). The van der Waals surface area contributed by atoms with Gasteiger partial charge in [-0.2, -0.15) is 0 Å². The number of rotatable bonds is 2. The van der Waals surface area contributed by atoms with Crippen molar-refractivity contribution in [3.63, 3.8) is 0 Å². The van der Waals surface area contributed by atoms with E-state index in [1.54, 1.807) is 0 Å².